The standard InChI is InChI=1S/C24H30N2O3/c1-28-22-11-9-20(10-12-22)13-25-15-23(29-18-21-7-8-21)16-26(24(27)17-25)14-19-5-3-2-4-6-19/h2-6,9-12,21,23H,7-8,13-18H2,1H3/t23-/m1/s1. The van der Waals surface area contributed by atoms with Gasteiger partial charge >= 0.3 is 0 Å². The number of ether oxygens (including phenoxy) is 2. The highest BCUT2D eigenvalue weighted by atomic mass is 16.5. The molecule has 4 rings (SSSR count). The van der Waals surface area contributed by atoms with Crippen LogP contribution in [-0.2, 0) is 22.6 Å². The zero-order chi connectivity index (χ0) is 20.1. The van der Waals surface area contributed by atoms with Crippen molar-refractivity contribution < 1.29 is 14.3 Å². The van der Waals surface area contributed by atoms with Crippen LogP contribution in [0.1, 0.15) is 24.0 Å². The Morgan fingerprint density at radius 3 is 2.34 bits per heavy atom. The van der Waals surface area contributed by atoms with Crippen LogP contribution in [-0.4, -0.2) is 55.2 Å². The van der Waals surface area contributed by atoms with Gasteiger partial charge in [-0.2, -0.15) is 0 Å². The highest BCUT2D eigenvalue weighted by Gasteiger charge is 2.30. The molecule has 2 fully saturated rings. The van der Waals surface area contributed by atoms with Crippen LogP contribution in [0, 0.1) is 5.92 Å². The summed E-state index contributed by atoms with van der Waals surface area (Å²) in [5, 5.41) is 0. The number of benzene rings is 2. The number of nitrogens with zero attached hydrogens (tertiary/aromatic N) is 2. The van der Waals surface area contributed by atoms with Crippen molar-refractivity contribution in [3.8, 4) is 5.75 Å². The van der Waals surface area contributed by atoms with Gasteiger partial charge in [-0.3, -0.25) is 9.69 Å². The van der Waals surface area contributed by atoms with Gasteiger partial charge in [0.15, 0.2) is 0 Å². The molecule has 0 bridgehead atoms. The Balaban J connectivity index is 1.45. The summed E-state index contributed by atoms with van der Waals surface area (Å²) in [6.07, 6.45) is 2.59. The molecule has 1 amide bonds. The maximum Gasteiger partial charge on any atom is 0.237 e. The lowest BCUT2D eigenvalue weighted by molar-refractivity contribution is -0.132. The lowest BCUT2D eigenvalue weighted by Gasteiger charge is -2.25. The molecule has 0 radical (unpaired) electrons. The van der Waals surface area contributed by atoms with E-state index in [2.05, 4.69) is 29.2 Å². The van der Waals surface area contributed by atoms with Crippen molar-refractivity contribution in [2.75, 3.05) is 33.4 Å². The fraction of sp³-hybridized carbons (Fsp3) is 0.458. The maximum atomic E-state index is 13.0. The van der Waals surface area contributed by atoms with E-state index in [1.165, 1.54) is 18.4 Å². The van der Waals surface area contributed by atoms with Crippen molar-refractivity contribution in [1.82, 2.24) is 9.80 Å². The Morgan fingerprint density at radius 1 is 0.931 bits per heavy atom. The largest absolute Gasteiger partial charge is 0.497 e. The molecular weight excluding hydrogens is 364 g/mol. The number of amides is 1. The zero-order valence-electron chi connectivity index (χ0n) is 17.1. The van der Waals surface area contributed by atoms with Gasteiger partial charge in [-0.25, -0.2) is 0 Å². The van der Waals surface area contributed by atoms with Crippen molar-refractivity contribution in [3.63, 3.8) is 0 Å². The minimum atomic E-state index is 0.0454. The lowest BCUT2D eigenvalue weighted by atomic mass is 10.2. The average molecular weight is 395 g/mol. The molecule has 154 valence electrons. The van der Waals surface area contributed by atoms with Crippen molar-refractivity contribution >= 4 is 5.91 Å². The predicted molar refractivity (Wildman–Crippen MR) is 113 cm³/mol. The van der Waals surface area contributed by atoms with Crippen molar-refractivity contribution in [3.05, 3.63) is 65.7 Å². The third-order valence-electron chi connectivity index (χ3n) is 5.64. The lowest BCUT2D eigenvalue weighted by Crippen LogP contribution is -2.37. The summed E-state index contributed by atoms with van der Waals surface area (Å²) in [6.45, 7) is 4.03. The fourth-order valence-electron chi connectivity index (χ4n) is 3.78. The predicted octanol–water partition coefficient (Wildman–Crippen LogP) is 3.33. The van der Waals surface area contributed by atoms with E-state index in [1.807, 2.05) is 35.2 Å². The summed E-state index contributed by atoms with van der Waals surface area (Å²) in [6, 6.07) is 18.3. The van der Waals surface area contributed by atoms with Crippen LogP contribution in [0.3, 0.4) is 0 Å². The van der Waals surface area contributed by atoms with E-state index >= 15 is 0 Å². The SMILES string of the molecule is COc1ccc(CN2CC(=O)N(Cc3ccccc3)C[C@H](OCC3CC3)C2)cc1. The van der Waals surface area contributed by atoms with Crippen LogP contribution < -0.4 is 4.74 Å². The van der Waals surface area contributed by atoms with Crippen LogP contribution in [0.2, 0.25) is 0 Å². The molecule has 1 heterocycles. The quantitative estimate of drug-likeness (QED) is 0.689. The van der Waals surface area contributed by atoms with E-state index in [0.29, 0.717) is 25.6 Å². The molecule has 0 unspecified atom stereocenters. The average Bonchev–Trinajstić information content (AvgIpc) is 3.57. The van der Waals surface area contributed by atoms with Crippen molar-refractivity contribution in [2.45, 2.75) is 32.0 Å². The Bertz CT molecular complexity index is 790. The highest BCUT2D eigenvalue weighted by Crippen LogP contribution is 2.29. The fourth-order valence-corrected chi connectivity index (χ4v) is 3.78. The number of rotatable bonds is 8. The van der Waals surface area contributed by atoms with Crippen molar-refractivity contribution in [2.24, 2.45) is 5.92 Å². The van der Waals surface area contributed by atoms with E-state index in [4.69, 9.17) is 9.47 Å². The van der Waals surface area contributed by atoms with Gasteiger partial charge in [0.05, 0.1) is 19.8 Å². The number of hydrogen-bond donors (Lipinski definition) is 0. The van der Waals surface area contributed by atoms with Gasteiger partial charge in [0.2, 0.25) is 5.91 Å². The summed E-state index contributed by atoms with van der Waals surface area (Å²) in [5.74, 6) is 1.73. The molecule has 2 aliphatic rings. The van der Waals surface area contributed by atoms with Crippen LogP contribution in [0.25, 0.3) is 0 Å². The van der Waals surface area contributed by atoms with Gasteiger partial charge in [-0.05, 0) is 42.0 Å². The van der Waals surface area contributed by atoms with Gasteiger partial charge in [0.25, 0.3) is 0 Å². The molecule has 5 nitrogen and oxygen atoms in total. The van der Waals surface area contributed by atoms with E-state index in [9.17, 15) is 4.79 Å². The first-order valence-electron chi connectivity index (χ1n) is 10.5. The Labute approximate surface area is 173 Å². The molecule has 0 aromatic heterocycles. The molecule has 1 aliphatic carbocycles. The Morgan fingerprint density at radius 2 is 1.66 bits per heavy atom. The van der Waals surface area contributed by atoms with Crippen LogP contribution in [0.15, 0.2) is 54.6 Å². The Hall–Kier alpha value is -2.37. The Kier molecular flexibility index (Phi) is 6.47. The minimum absolute atomic E-state index is 0.0454. The summed E-state index contributed by atoms with van der Waals surface area (Å²) in [4.78, 5) is 17.2. The molecule has 29 heavy (non-hydrogen) atoms. The molecule has 0 spiro atoms. The molecule has 2 aromatic rings. The first-order valence-corrected chi connectivity index (χ1v) is 10.5. The van der Waals surface area contributed by atoms with Gasteiger partial charge in [0.1, 0.15) is 5.75 Å². The van der Waals surface area contributed by atoms with Crippen molar-refractivity contribution in [1.29, 1.82) is 0 Å². The zero-order valence-corrected chi connectivity index (χ0v) is 17.1. The van der Waals surface area contributed by atoms with Gasteiger partial charge < -0.3 is 14.4 Å². The number of carbonyl (C=O) groups is 1. The topological polar surface area (TPSA) is 42.0 Å². The molecule has 1 saturated carbocycles. The summed E-state index contributed by atoms with van der Waals surface area (Å²) in [5.41, 5.74) is 2.33. The highest BCUT2D eigenvalue weighted by molar-refractivity contribution is 5.78. The third kappa shape index (κ3) is 5.81. The molecule has 2 aromatic carbocycles. The van der Waals surface area contributed by atoms with E-state index in [0.717, 1.165) is 31.0 Å². The normalized spacial score (nSPS) is 20.5. The van der Waals surface area contributed by atoms with E-state index in [1.54, 1.807) is 7.11 Å². The van der Waals surface area contributed by atoms with Crippen LogP contribution >= 0.6 is 0 Å². The van der Waals surface area contributed by atoms with Crippen LogP contribution in [0.4, 0.5) is 0 Å². The first-order chi connectivity index (χ1) is 14.2. The van der Waals surface area contributed by atoms with E-state index < -0.39 is 0 Å². The van der Waals surface area contributed by atoms with Gasteiger partial charge in [0, 0.05) is 32.8 Å². The number of methoxy groups -OCH3 is 1. The monoisotopic (exact) mass is 394 g/mol. The van der Waals surface area contributed by atoms with E-state index in [-0.39, 0.29) is 12.0 Å². The second-order valence-corrected chi connectivity index (χ2v) is 8.18. The van der Waals surface area contributed by atoms with Gasteiger partial charge in [-0.15, -0.1) is 0 Å². The second-order valence-electron chi connectivity index (χ2n) is 8.18. The molecular formula is C24H30N2O3. The molecule has 0 N–H and O–H groups in total. The van der Waals surface area contributed by atoms with Gasteiger partial charge in [-0.1, -0.05) is 42.5 Å². The third-order valence-corrected chi connectivity index (χ3v) is 5.64. The van der Waals surface area contributed by atoms with Crippen LogP contribution in [0.5, 0.6) is 5.75 Å². The molecule has 1 aliphatic heterocycles. The second kappa shape index (κ2) is 9.42. The number of hydrogen-bond acceptors (Lipinski definition) is 4. The first kappa shape index (κ1) is 19.9. The molecule has 1 saturated heterocycles. The summed E-state index contributed by atoms with van der Waals surface area (Å²) in [7, 11) is 1.67. The molecule has 1 atom stereocenters. The summed E-state index contributed by atoms with van der Waals surface area (Å²) < 4.78 is 11.5. The summed E-state index contributed by atoms with van der Waals surface area (Å²) >= 11 is 0. The molecule has 5 heteroatoms. The number of carbonyl (C=O) groups excluding carboxylic acids is 1. The maximum absolute atomic E-state index is 13.0. The smallest absolute Gasteiger partial charge is 0.237 e. The minimum Gasteiger partial charge on any atom is -0.497 e.